The number of hydrogen-bond acceptors (Lipinski definition) is 2. The molecular weight excluding hydrogens is 373 g/mol. The van der Waals surface area contributed by atoms with Crippen LogP contribution < -0.4 is 0 Å². The molecule has 0 saturated carbocycles. The molecule has 1 saturated heterocycles. The fourth-order valence-electron chi connectivity index (χ4n) is 3.01. The van der Waals surface area contributed by atoms with Crippen molar-refractivity contribution in [2.45, 2.75) is 31.6 Å². The zero-order valence-electron chi connectivity index (χ0n) is 14.2. The fraction of sp³-hybridized carbons (Fsp3) is 0.350. The molecule has 3 rings (SSSR count). The smallest absolute Gasteiger partial charge is 0.255 e. The molecule has 0 unspecified atom stereocenters. The van der Waals surface area contributed by atoms with Crippen molar-refractivity contribution in [2.24, 2.45) is 0 Å². The molecule has 1 aliphatic rings. The first kappa shape index (κ1) is 18.6. The van der Waals surface area contributed by atoms with Gasteiger partial charge in [0.15, 0.2) is 0 Å². The van der Waals surface area contributed by atoms with Gasteiger partial charge in [-0.15, -0.1) is 11.8 Å². The number of benzene rings is 2. The molecule has 25 heavy (non-hydrogen) atoms. The highest BCUT2D eigenvalue weighted by atomic mass is 35.5. The van der Waals surface area contributed by atoms with Gasteiger partial charge >= 0.3 is 0 Å². The number of nitrogens with zero attached hydrogens (tertiary/aromatic N) is 1. The van der Waals surface area contributed by atoms with E-state index < -0.39 is 0 Å². The van der Waals surface area contributed by atoms with Gasteiger partial charge in [-0.05, 0) is 36.6 Å². The van der Waals surface area contributed by atoms with Crippen molar-refractivity contribution in [3.63, 3.8) is 0 Å². The maximum atomic E-state index is 13.0. The highest BCUT2D eigenvalue weighted by Crippen LogP contribution is 2.43. The average Bonchev–Trinajstić information content (AvgIpc) is 3.11. The van der Waals surface area contributed by atoms with E-state index in [0.29, 0.717) is 16.6 Å². The first-order chi connectivity index (χ1) is 12.1. The summed E-state index contributed by atoms with van der Waals surface area (Å²) in [6, 6.07) is 13.6. The molecule has 0 radical (unpaired) electrons. The lowest BCUT2D eigenvalue weighted by atomic mass is 10.1. The van der Waals surface area contributed by atoms with Crippen LogP contribution >= 0.6 is 35.0 Å². The maximum absolute atomic E-state index is 13.0. The van der Waals surface area contributed by atoms with Gasteiger partial charge in [0.2, 0.25) is 0 Å². The first-order valence-corrected chi connectivity index (χ1v) is 10.4. The number of carbonyl (C=O) groups is 1. The molecule has 2 aromatic rings. The fourth-order valence-corrected chi connectivity index (χ4v) is 4.77. The molecule has 0 aliphatic carbocycles. The molecule has 2 nitrogen and oxygen atoms in total. The van der Waals surface area contributed by atoms with Crippen molar-refractivity contribution in [1.82, 2.24) is 4.90 Å². The van der Waals surface area contributed by atoms with Gasteiger partial charge in [-0.2, -0.15) is 0 Å². The van der Waals surface area contributed by atoms with Crippen molar-refractivity contribution in [1.29, 1.82) is 0 Å². The number of hydrogen-bond donors (Lipinski definition) is 0. The van der Waals surface area contributed by atoms with Crippen molar-refractivity contribution >= 4 is 40.9 Å². The van der Waals surface area contributed by atoms with Gasteiger partial charge in [0.05, 0.1) is 10.0 Å². The van der Waals surface area contributed by atoms with Crippen molar-refractivity contribution in [3.8, 4) is 0 Å². The summed E-state index contributed by atoms with van der Waals surface area (Å²) in [7, 11) is 0. The van der Waals surface area contributed by atoms with Crippen LogP contribution in [0, 0.1) is 0 Å². The van der Waals surface area contributed by atoms with Gasteiger partial charge in [0, 0.05) is 23.4 Å². The lowest BCUT2D eigenvalue weighted by Crippen LogP contribution is -2.30. The summed E-state index contributed by atoms with van der Waals surface area (Å²) in [6.45, 7) is 2.90. The van der Waals surface area contributed by atoms with E-state index in [9.17, 15) is 4.79 Å². The zero-order chi connectivity index (χ0) is 17.8. The number of amides is 1. The molecular formula is C20H21Cl2NOS. The Morgan fingerprint density at radius 3 is 2.68 bits per heavy atom. The third kappa shape index (κ3) is 4.16. The Hall–Kier alpha value is -1.16. The SMILES string of the molecule is CCCCc1ccc(C(=O)N2CCS[C@@H]2c2cccc(Cl)c2Cl)cc1. The lowest BCUT2D eigenvalue weighted by Gasteiger charge is -2.25. The van der Waals surface area contributed by atoms with Crippen LogP contribution in [0.25, 0.3) is 0 Å². The third-order valence-electron chi connectivity index (χ3n) is 4.42. The normalized spacial score (nSPS) is 17.1. The molecule has 1 aliphatic heterocycles. The Morgan fingerprint density at radius 2 is 1.96 bits per heavy atom. The topological polar surface area (TPSA) is 20.3 Å². The van der Waals surface area contributed by atoms with Crippen LogP contribution in [0.3, 0.4) is 0 Å². The number of aryl methyl sites for hydroxylation is 1. The monoisotopic (exact) mass is 393 g/mol. The van der Waals surface area contributed by atoms with E-state index in [1.54, 1.807) is 17.8 Å². The second-order valence-electron chi connectivity index (χ2n) is 6.17. The van der Waals surface area contributed by atoms with Crippen LogP contribution in [0.2, 0.25) is 10.0 Å². The molecule has 0 aromatic heterocycles. The number of unbranched alkanes of at least 4 members (excludes halogenated alkanes) is 1. The minimum absolute atomic E-state index is 0.0492. The highest BCUT2D eigenvalue weighted by molar-refractivity contribution is 7.99. The number of thioether (sulfide) groups is 1. The average molecular weight is 394 g/mol. The van der Waals surface area contributed by atoms with Gasteiger partial charge in [-0.25, -0.2) is 0 Å². The van der Waals surface area contributed by atoms with Crippen molar-refractivity contribution < 1.29 is 4.79 Å². The standard InChI is InChI=1S/C20H21Cl2NOS/c1-2-3-5-14-8-10-15(11-9-14)19(24)23-12-13-25-20(23)16-6-4-7-17(21)18(16)22/h4,6-11,20H,2-3,5,12-13H2,1H3/t20-/m1/s1. The number of carbonyl (C=O) groups excluding carboxylic acids is 1. The molecule has 1 fully saturated rings. The van der Waals surface area contributed by atoms with E-state index in [0.717, 1.165) is 23.3 Å². The van der Waals surface area contributed by atoms with Crippen molar-refractivity contribution in [3.05, 3.63) is 69.2 Å². The number of halogens is 2. The molecule has 132 valence electrons. The Morgan fingerprint density at radius 1 is 1.20 bits per heavy atom. The molecule has 0 bridgehead atoms. The largest absolute Gasteiger partial charge is 0.322 e. The summed E-state index contributed by atoms with van der Waals surface area (Å²) < 4.78 is 0. The maximum Gasteiger partial charge on any atom is 0.255 e. The van der Waals surface area contributed by atoms with Gasteiger partial charge < -0.3 is 4.90 Å². The summed E-state index contributed by atoms with van der Waals surface area (Å²) in [4.78, 5) is 14.9. The van der Waals surface area contributed by atoms with Crippen LogP contribution in [-0.4, -0.2) is 23.1 Å². The third-order valence-corrected chi connectivity index (χ3v) is 6.50. The second kappa shape index (κ2) is 8.48. The van der Waals surface area contributed by atoms with Crippen LogP contribution in [0.1, 0.15) is 46.6 Å². The predicted molar refractivity (Wildman–Crippen MR) is 108 cm³/mol. The second-order valence-corrected chi connectivity index (χ2v) is 8.14. The lowest BCUT2D eigenvalue weighted by molar-refractivity contribution is 0.0760. The van der Waals surface area contributed by atoms with Gasteiger partial charge in [0.1, 0.15) is 5.37 Å². The summed E-state index contributed by atoms with van der Waals surface area (Å²) in [6.07, 6.45) is 3.41. The van der Waals surface area contributed by atoms with Gasteiger partial charge in [0.25, 0.3) is 5.91 Å². The van der Waals surface area contributed by atoms with Gasteiger partial charge in [-0.3, -0.25) is 4.79 Å². The quantitative estimate of drug-likeness (QED) is 0.600. The predicted octanol–water partition coefficient (Wildman–Crippen LogP) is 6.22. The van der Waals surface area contributed by atoms with Gasteiger partial charge in [-0.1, -0.05) is 60.8 Å². The summed E-state index contributed by atoms with van der Waals surface area (Å²) in [5, 5.41) is 0.981. The molecule has 0 N–H and O–H groups in total. The van der Waals surface area contributed by atoms with E-state index in [-0.39, 0.29) is 11.3 Å². The van der Waals surface area contributed by atoms with E-state index >= 15 is 0 Å². The Balaban J connectivity index is 1.80. The molecule has 1 heterocycles. The Kier molecular flexibility index (Phi) is 6.32. The minimum Gasteiger partial charge on any atom is -0.322 e. The van der Waals surface area contributed by atoms with E-state index in [2.05, 4.69) is 19.1 Å². The highest BCUT2D eigenvalue weighted by Gasteiger charge is 2.32. The minimum atomic E-state index is -0.0848. The van der Waals surface area contributed by atoms with Crippen LogP contribution in [0.5, 0.6) is 0 Å². The van der Waals surface area contributed by atoms with Crippen molar-refractivity contribution in [2.75, 3.05) is 12.3 Å². The van der Waals surface area contributed by atoms with E-state index in [1.807, 2.05) is 29.2 Å². The van der Waals surface area contributed by atoms with E-state index in [4.69, 9.17) is 23.2 Å². The van der Waals surface area contributed by atoms with Crippen LogP contribution in [0.15, 0.2) is 42.5 Å². The Labute approximate surface area is 163 Å². The van der Waals surface area contributed by atoms with Crippen LogP contribution in [0.4, 0.5) is 0 Å². The Bertz CT molecular complexity index is 748. The summed E-state index contributed by atoms with van der Waals surface area (Å²) >= 11 is 14.3. The zero-order valence-corrected chi connectivity index (χ0v) is 16.5. The molecule has 2 aromatic carbocycles. The van der Waals surface area contributed by atoms with E-state index in [1.165, 1.54) is 18.4 Å². The van der Waals surface area contributed by atoms with Crippen LogP contribution in [-0.2, 0) is 6.42 Å². The summed E-state index contributed by atoms with van der Waals surface area (Å²) in [5.74, 6) is 0.946. The number of rotatable bonds is 5. The molecule has 1 atom stereocenters. The molecule has 5 heteroatoms. The first-order valence-electron chi connectivity index (χ1n) is 8.57. The molecule has 1 amide bonds. The summed E-state index contributed by atoms with van der Waals surface area (Å²) in [5.41, 5.74) is 2.92. The molecule has 0 spiro atoms.